The van der Waals surface area contributed by atoms with Crippen LogP contribution in [0.25, 0.3) is 75.7 Å². The molecule has 7 heterocycles. The fourth-order valence-electron chi connectivity index (χ4n) is 17.7. The highest BCUT2D eigenvalue weighted by molar-refractivity contribution is 7.31. The summed E-state index contributed by atoms with van der Waals surface area (Å²) in [7, 11) is 0. The second-order valence-corrected chi connectivity index (χ2v) is 43.4. The maximum atomic E-state index is 11.7. The molecule has 0 saturated heterocycles. The molecule has 8 aromatic rings. The quantitative estimate of drug-likeness (QED) is 0.0281. The van der Waals surface area contributed by atoms with Gasteiger partial charge < -0.3 is 9.47 Å². The van der Waals surface area contributed by atoms with E-state index in [2.05, 4.69) is 191 Å². The van der Waals surface area contributed by atoms with Crippen LogP contribution in [0.15, 0.2) is 72.6 Å². The van der Waals surface area contributed by atoms with Crippen molar-refractivity contribution in [2.75, 3.05) is 13.2 Å². The zero-order valence-electron chi connectivity index (χ0n) is 79.0. The lowest BCUT2D eigenvalue weighted by Gasteiger charge is -2.17. The van der Waals surface area contributed by atoms with Gasteiger partial charge in [-0.3, -0.25) is 0 Å². The molecular formula is C112H166N2O2S7. The van der Waals surface area contributed by atoms with E-state index < -0.39 is 0 Å². The minimum atomic E-state index is 0.349. The van der Waals surface area contributed by atoms with Gasteiger partial charge in [0.2, 0.25) is 0 Å². The van der Waals surface area contributed by atoms with Crippen molar-refractivity contribution in [3.8, 4) is 82.2 Å². The lowest BCUT2D eigenvalue weighted by Crippen LogP contribution is -2.05. The van der Waals surface area contributed by atoms with Crippen molar-refractivity contribution in [2.45, 2.75) is 453 Å². The number of allylic oxidation sites excluding steroid dienone is 2. The maximum Gasteiger partial charge on any atom is 0.128 e. The molecule has 0 aliphatic heterocycles. The van der Waals surface area contributed by atoms with Crippen LogP contribution in [-0.2, 0) is 38.5 Å². The molecule has 11 heteroatoms. The van der Waals surface area contributed by atoms with Gasteiger partial charge in [0.25, 0.3) is 0 Å². The number of aryl methyl sites for hydroxylation is 6. The molecule has 0 radical (unpaired) electrons. The van der Waals surface area contributed by atoms with Gasteiger partial charge in [-0.05, 0) is 195 Å². The van der Waals surface area contributed by atoms with Gasteiger partial charge in [0.15, 0.2) is 0 Å². The molecule has 7 aromatic heterocycles. The number of unbranched alkanes of at least 4 members (excludes halogenated alkanes) is 48. The van der Waals surface area contributed by atoms with Crippen LogP contribution < -0.4 is 9.47 Å². The molecule has 0 fully saturated rings. The minimum Gasteiger partial charge on any atom is -0.493 e. The molecule has 1 aromatic carbocycles. The first-order valence-electron chi connectivity index (χ1n) is 51.1. The van der Waals surface area contributed by atoms with Crippen molar-refractivity contribution < 1.29 is 9.47 Å². The highest BCUT2D eigenvalue weighted by Crippen LogP contribution is 2.53. The van der Waals surface area contributed by atoms with Crippen molar-refractivity contribution in [3.05, 3.63) is 122 Å². The summed E-state index contributed by atoms with van der Waals surface area (Å²) >= 11 is 14.3. The summed E-state index contributed by atoms with van der Waals surface area (Å²) in [5.41, 5.74) is 11.4. The van der Waals surface area contributed by atoms with E-state index in [1.807, 2.05) is 34.8 Å². The van der Waals surface area contributed by atoms with Crippen molar-refractivity contribution in [2.24, 2.45) is 0 Å². The lowest BCUT2D eigenvalue weighted by atomic mass is 9.98. The predicted molar refractivity (Wildman–Crippen MR) is 556 cm³/mol. The lowest BCUT2D eigenvalue weighted by molar-refractivity contribution is 0.295. The number of thiophene rings is 7. The minimum absolute atomic E-state index is 0.349. The zero-order valence-corrected chi connectivity index (χ0v) is 84.7. The predicted octanol–water partition coefficient (Wildman–Crippen LogP) is 40.7. The Hall–Kier alpha value is -4.82. The first-order valence-corrected chi connectivity index (χ1v) is 56.9. The van der Waals surface area contributed by atoms with E-state index in [4.69, 9.17) is 9.47 Å². The largest absolute Gasteiger partial charge is 0.493 e. The van der Waals surface area contributed by atoms with Gasteiger partial charge in [-0.25, -0.2) is 0 Å². The summed E-state index contributed by atoms with van der Waals surface area (Å²) in [5.74, 6) is 1.23. The van der Waals surface area contributed by atoms with E-state index in [-0.39, 0.29) is 0 Å². The van der Waals surface area contributed by atoms with Crippen LogP contribution >= 0.6 is 79.4 Å². The SMILES string of the molecule is C=C(C#N)c1cc(OCCCCCCCCCCCC)c(/C(C#N)=C/c2cc(CCCCCCCC)c(-c3sc(-c4sc(-c5ccc(-c6sc(-c7sc(-c8sccc8CCCCCCCC)cc7CCCCCCCC)cc6CCCCCCCC)s5)cc4CCCCCCCC)cc3CCCCCCCC)s2)cc1OCCCCCCCCCCCC. The second kappa shape index (κ2) is 64.0. The van der Waals surface area contributed by atoms with Gasteiger partial charge in [-0.15, -0.1) is 79.4 Å². The summed E-state index contributed by atoms with van der Waals surface area (Å²) in [6.07, 6.45) is 80.2. The number of rotatable bonds is 75. The smallest absolute Gasteiger partial charge is 0.128 e. The molecule has 0 bridgehead atoms. The summed E-state index contributed by atoms with van der Waals surface area (Å²) < 4.78 is 13.6. The third-order valence-corrected chi connectivity index (χ3v) is 34.3. The third-order valence-electron chi connectivity index (χ3n) is 25.3. The molecule has 0 saturated carbocycles. The molecule has 0 atom stereocenters. The fourth-order valence-corrected chi connectivity index (χ4v) is 26.5. The summed E-state index contributed by atoms with van der Waals surface area (Å²) in [6, 6.07) is 29.7. The van der Waals surface area contributed by atoms with Crippen LogP contribution in [0.2, 0.25) is 0 Å². The van der Waals surface area contributed by atoms with E-state index in [1.165, 1.54) is 409 Å². The van der Waals surface area contributed by atoms with Crippen molar-refractivity contribution in [3.63, 3.8) is 0 Å². The Morgan fingerprint density at radius 1 is 0.276 bits per heavy atom. The van der Waals surface area contributed by atoms with Crippen LogP contribution in [0.3, 0.4) is 0 Å². The standard InChI is InChI=1S/C112H166N2O2S7/c1-10-18-26-34-42-44-46-48-56-64-75-115-99-85-98(100(84-97(99)88(9)86-113)116-76-65-57-49-47-45-43-35-27-19-11-2)95(87-114)79-96-78-90(67-59-51-37-29-21-13-4)111(118-96)112-94(71-63-55-41-33-25-17-8)83-106(123-112)109-91(68-60-52-38-30-22-14-5)80-103(120-109)101-72-73-102(119-101)108-92(69-61-53-39-31-23-15-6)82-105(122-108)110-93(70-62-54-40-32-24-16-7)81-104(121-110)107-89(74-77-117-107)66-58-50-36-28-20-12-3/h72-74,77-85H,9-71,75-76H2,1-8H3/b95-79+. The van der Waals surface area contributed by atoms with Crippen molar-refractivity contribution >= 4 is 96.6 Å². The molecule has 0 aliphatic rings. The average Bonchev–Trinajstić information content (AvgIpc) is 1.62. The summed E-state index contributed by atoms with van der Waals surface area (Å²) in [4.78, 5) is 18.6. The number of nitrogens with zero attached hydrogens (tertiary/aromatic N) is 2. The van der Waals surface area contributed by atoms with Crippen LogP contribution in [-0.4, -0.2) is 13.2 Å². The average molecular weight is 1800 g/mol. The Bertz CT molecular complexity index is 4250. The van der Waals surface area contributed by atoms with E-state index in [1.54, 1.807) is 16.7 Å². The number of benzene rings is 1. The van der Waals surface area contributed by atoms with E-state index in [0.717, 1.165) is 74.6 Å². The van der Waals surface area contributed by atoms with Crippen molar-refractivity contribution in [1.29, 1.82) is 10.5 Å². The summed E-state index contributed by atoms with van der Waals surface area (Å²) in [6.45, 7) is 23.9. The molecule has 678 valence electrons. The number of hydrogen-bond donors (Lipinski definition) is 0. The molecule has 123 heavy (non-hydrogen) atoms. The number of nitriles is 2. The first kappa shape index (κ1) is 104. The number of ether oxygens (including phenoxy) is 2. The molecular weight excluding hydrogens is 1630 g/mol. The Labute approximate surface area is 780 Å². The highest BCUT2D eigenvalue weighted by Gasteiger charge is 2.27. The molecule has 0 aliphatic carbocycles. The highest BCUT2D eigenvalue weighted by atomic mass is 32.1. The van der Waals surface area contributed by atoms with Crippen molar-refractivity contribution in [1.82, 2.24) is 0 Å². The monoisotopic (exact) mass is 1800 g/mol. The maximum absolute atomic E-state index is 11.7. The summed E-state index contributed by atoms with van der Waals surface area (Å²) in [5, 5.41) is 24.5. The first-order chi connectivity index (χ1) is 60.6. The zero-order chi connectivity index (χ0) is 87.0. The molecule has 0 amide bonds. The van der Waals surface area contributed by atoms with Gasteiger partial charge in [-0.2, -0.15) is 10.5 Å². The van der Waals surface area contributed by atoms with E-state index >= 15 is 0 Å². The second-order valence-electron chi connectivity index (χ2n) is 36.1. The Balaban J connectivity index is 1.20. The Morgan fingerprint density at radius 2 is 0.569 bits per heavy atom. The van der Waals surface area contributed by atoms with Crippen LogP contribution in [0.1, 0.15) is 464 Å². The Morgan fingerprint density at radius 3 is 0.959 bits per heavy atom. The van der Waals surface area contributed by atoms with Gasteiger partial charge in [0.05, 0.1) is 36.5 Å². The molecule has 4 nitrogen and oxygen atoms in total. The van der Waals surface area contributed by atoms with Crippen LogP contribution in [0.5, 0.6) is 11.5 Å². The topological polar surface area (TPSA) is 66.0 Å². The van der Waals surface area contributed by atoms with Gasteiger partial charge in [-0.1, -0.05) is 370 Å². The van der Waals surface area contributed by atoms with Gasteiger partial charge in [0, 0.05) is 74.5 Å². The van der Waals surface area contributed by atoms with Gasteiger partial charge in [0.1, 0.15) is 11.5 Å². The Kier molecular flexibility index (Phi) is 53.9. The number of hydrogen-bond acceptors (Lipinski definition) is 11. The third kappa shape index (κ3) is 37.3. The van der Waals surface area contributed by atoms with E-state index in [9.17, 15) is 10.5 Å². The van der Waals surface area contributed by atoms with Gasteiger partial charge >= 0.3 is 0 Å². The molecule has 0 N–H and O–H groups in total. The normalized spacial score (nSPS) is 11.8. The van der Waals surface area contributed by atoms with Crippen LogP contribution in [0, 0.1) is 22.7 Å². The molecule has 8 rings (SSSR count). The molecule has 0 spiro atoms. The fraction of sp³-hybridized carbons (Fsp3) is 0.643. The molecule has 0 unspecified atom stereocenters. The van der Waals surface area contributed by atoms with E-state index in [0.29, 0.717) is 41.4 Å². The van der Waals surface area contributed by atoms with Crippen LogP contribution in [0.4, 0.5) is 0 Å².